The number of benzene rings is 2. The van der Waals surface area contributed by atoms with Crippen LogP contribution in [-0.2, 0) is 6.54 Å². The molecule has 0 heterocycles. The van der Waals surface area contributed by atoms with E-state index >= 15 is 0 Å². The minimum atomic E-state index is 0.665. The highest BCUT2D eigenvalue weighted by molar-refractivity contribution is 5.75. The highest BCUT2D eigenvalue weighted by Crippen LogP contribution is 2.23. The number of aldehydes is 1. The summed E-state index contributed by atoms with van der Waals surface area (Å²) < 4.78 is 5.36. The van der Waals surface area contributed by atoms with Crippen LogP contribution in [0.1, 0.15) is 21.5 Å². The van der Waals surface area contributed by atoms with Crippen LogP contribution in [0.3, 0.4) is 0 Å². The number of aryl methyl sites for hydroxylation is 1. The number of hydrogen-bond acceptors (Lipinski definition) is 3. The highest BCUT2D eigenvalue weighted by atomic mass is 16.5. The molecule has 0 unspecified atom stereocenters. The first-order valence-corrected chi connectivity index (χ1v) is 6.54. The third-order valence-corrected chi connectivity index (χ3v) is 3.32. The topological polar surface area (TPSA) is 29.5 Å². The van der Waals surface area contributed by atoms with E-state index in [1.807, 2.05) is 19.2 Å². The number of carbonyl (C=O) groups is 1. The minimum Gasteiger partial charge on any atom is -0.496 e. The zero-order valence-corrected chi connectivity index (χ0v) is 12.1. The summed E-state index contributed by atoms with van der Waals surface area (Å²) in [4.78, 5) is 13.0. The first kappa shape index (κ1) is 14.1. The Morgan fingerprint density at radius 3 is 2.45 bits per heavy atom. The van der Waals surface area contributed by atoms with E-state index in [0.29, 0.717) is 12.1 Å². The normalized spacial score (nSPS) is 10.2. The summed E-state index contributed by atoms with van der Waals surface area (Å²) in [5.74, 6) is 0.801. The lowest BCUT2D eigenvalue weighted by Gasteiger charge is -2.21. The average molecular weight is 269 g/mol. The van der Waals surface area contributed by atoms with Gasteiger partial charge in [0.05, 0.1) is 7.11 Å². The van der Waals surface area contributed by atoms with Crippen molar-refractivity contribution in [2.45, 2.75) is 13.5 Å². The number of hydrogen-bond donors (Lipinski definition) is 0. The number of methoxy groups -OCH3 is 1. The summed E-state index contributed by atoms with van der Waals surface area (Å²) in [6.45, 7) is 2.76. The Balaban J connectivity index is 2.24. The van der Waals surface area contributed by atoms with Gasteiger partial charge in [-0.15, -0.1) is 0 Å². The third-order valence-electron chi connectivity index (χ3n) is 3.32. The smallest absolute Gasteiger partial charge is 0.150 e. The molecule has 0 bridgehead atoms. The van der Waals surface area contributed by atoms with E-state index < -0.39 is 0 Å². The summed E-state index contributed by atoms with van der Waals surface area (Å²) in [5, 5.41) is 0. The van der Waals surface area contributed by atoms with Crippen LogP contribution < -0.4 is 9.64 Å². The number of anilines is 1. The third kappa shape index (κ3) is 3.18. The van der Waals surface area contributed by atoms with Gasteiger partial charge in [0.25, 0.3) is 0 Å². The second kappa shape index (κ2) is 6.24. The monoisotopic (exact) mass is 269 g/mol. The fourth-order valence-electron chi connectivity index (χ4n) is 2.14. The van der Waals surface area contributed by atoms with Crippen molar-refractivity contribution in [3.8, 4) is 5.75 Å². The molecule has 0 spiro atoms. The zero-order valence-electron chi connectivity index (χ0n) is 12.1. The van der Waals surface area contributed by atoms with Gasteiger partial charge in [0.15, 0.2) is 0 Å². The van der Waals surface area contributed by atoms with Crippen LogP contribution >= 0.6 is 0 Å². The van der Waals surface area contributed by atoms with Crippen LogP contribution in [0.25, 0.3) is 0 Å². The van der Waals surface area contributed by atoms with E-state index in [1.54, 1.807) is 13.2 Å². The molecule has 0 amide bonds. The minimum absolute atomic E-state index is 0.665. The van der Waals surface area contributed by atoms with Crippen molar-refractivity contribution >= 4 is 12.0 Å². The molecule has 20 heavy (non-hydrogen) atoms. The molecular formula is C17H19NO2. The molecule has 0 aliphatic heterocycles. The summed E-state index contributed by atoms with van der Waals surface area (Å²) in [6, 6.07) is 13.8. The lowest BCUT2D eigenvalue weighted by Crippen LogP contribution is -2.17. The van der Waals surface area contributed by atoms with E-state index in [2.05, 4.69) is 36.1 Å². The zero-order chi connectivity index (χ0) is 14.5. The Morgan fingerprint density at radius 1 is 1.15 bits per heavy atom. The quantitative estimate of drug-likeness (QED) is 0.779. The largest absolute Gasteiger partial charge is 0.496 e. The van der Waals surface area contributed by atoms with Gasteiger partial charge in [0.1, 0.15) is 12.0 Å². The summed E-state index contributed by atoms with van der Waals surface area (Å²) in [5.41, 5.74) is 4.04. The van der Waals surface area contributed by atoms with Gasteiger partial charge in [-0.25, -0.2) is 0 Å². The molecule has 0 fully saturated rings. The lowest BCUT2D eigenvalue weighted by molar-refractivity contribution is 0.112. The van der Waals surface area contributed by atoms with Gasteiger partial charge >= 0.3 is 0 Å². The molecule has 0 aliphatic rings. The SMILES string of the molecule is COc1ccc(C=O)cc1CN(C)c1ccc(C)cc1. The maximum Gasteiger partial charge on any atom is 0.150 e. The van der Waals surface area contributed by atoms with Crippen molar-refractivity contribution in [3.05, 3.63) is 59.2 Å². The molecule has 0 saturated carbocycles. The van der Waals surface area contributed by atoms with Gasteiger partial charge in [-0.2, -0.15) is 0 Å². The molecule has 0 aliphatic carbocycles. The van der Waals surface area contributed by atoms with Crippen LogP contribution in [0.5, 0.6) is 5.75 Å². The molecule has 2 aromatic rings. The number of rotatable bonds is 5. The molecule has 0 N–H and O–H groups in total. The van der Waals surface area contributed by atoms with Crippen LogP contribution in [0, 0.1) is 6.92 Å². The van der Waals surface area contributed by atoms with Gasteiger partial charge in [-0.3, -0.25) is 4.79 Å². The van der Waals surface area contributed by atoms with E-state index in [-0.39, 0.29) is 0 Å². The Kier molecular flexibility index (Phi) is 4.41. The van der Waals surface area contributed by atoms with Gasteiger partial charge in [-0.05, 0) is 37.3 Å². The van der Waals surface area contributed by atoms with E-state index in [1.165, 1.54) is 5.56 Å². The van der Waals surface area contributed by atoms with E-state index in [9.17, 15) is 4.79 Å². The van der Waals surface area contributed by atoms with Gasteiger partial charge < -0.3 is 9.64 Å². The molecule has 2 rings (SSSR count). The maximum absolute atomic E-state index is 10.9. The van der Waals surface area contributed by atoms with Crippen molar-refractivity contribution in [2.24, 2.45) is 0 Å². The Hall–Kier alpha value is -2.29. The van der Waals surface area contributed by atoms with Crippen molar-refractivity contribution in [2.75, 3.05) is 19.1 Å². The fraction of sp³-hybridized carbons (Fsp3) is 0.235. The van der Waals surface area contributed by atoms with Crippen molar-refractivity contribution < 1.29 is 9.53 Å². The first-order chi connectivity index (χ1) is 9.63. The predicted octanol–water partition coefficient (Wildman–Crippen LogP) is 3.45. The Morgan fingerprint density at radius 2 is 1.85 bits per heavy atom. The van der Waals surface area contributed by atoms with Crippen molar-refractivity contribution in [3.63, 3.8) is 0 Å². The molecule has 0 saturated heterocycles. The molecular weight excluding hydrogens is 250 g/mol. The summed E-state index contributed by atoms with van der Waals surface area (Å²) in [6.07, 6.45) is 0.856. The molecule has 3 nitrogen and oxygen atoms in total. The van der Waals surface area contributed by atoms with E-state index in [0.717, 1.165) is 23.3 Å². The Labute approximate surface area is 119 Å². The maximum atomic E-state index is 10.9. The number of carbonyl (C=O) groups excluding carboxylic acids is 1. The Bertz CT molecular complexity index is 590. The molecule has 0 radical (unpaired) electrons. The number of nitrogens with zero attached hydrogens (tertiary/aromatic N) is 1. The van der Waals surface area contributed by atoms with Crippen molar-refractivity contribution in [1.29, 1.82) is 0 Å². The van der Waals surface area contributed by atoms with Crippen LogP contribution in [0.2, 0.25) is 0 Å². The first-order valence-electron chi connectivity index (χ1n) is 6.54. The average Bonchev–Trinajstić information content (AvgIpc) is 2.47. The van der Waals surface area contributed by atoms with Crippen LogP contribution in [0.4, 0.5) is 5.69 Å². The molecule has 2 aromatic carbocycles. The molecule has 3 heteroatoms. The van der Waals surface area contributed by atoms with Crippen molar-refractivity contribution in [1.82, 2.24) is 0 Å². The van der Waals surface area contributed by atoms with Gasteiger partial charge in [0.2, 0.25) is 0 Å². The van der Waals surface area contributed by atoms with Crippen LogP contribution in [0.15, 0.2) is 42.5 Å². The summed E-state index contributed by atoms with van der Waals surface area (Å²) >= 11 is 0. The second-order valence-electron chi connectivity index (χ2n) is 4.88. The molecule has 104 valence electrons. The standard InChI is InChI=1S/C17H19NO2/c1-13-4-7-16(8-5-13)18(2)11-15-10-14(12-19)6-9-17(15)20-3/h4-10,12H,11H2,1-3H3. The lowest BCUT2D eigenvalue weighted by atomic mass is 10.1. The molecule has 0 aromatic heterocycles. The molecule has 0 atom stereocenters. The fourth-order valence-corrected chi connectivity index (χ4v) is 2.14. The van der Waals surface area contributed by atoms with Gasteiger partial charge in [-0.1, -0.05) is 17.7 Å². The highest BCUT2D eigenvalue weighted by Gasteiger charge is 2.08. The second-order valence-corrected chi connectivity index (χ2v) is 4.88. The van der Waals surface area contributed by atoms with Crippen LogP contribution in [-0.4, -0.2) is 20.4 Å². The van der Waals surface area contributed by atoms with Gasteiger partial charge in [0, 0.05) is 30.4 Å². The number of ether oxygens (including phenoxy) is 1. The predicted molar refractivity (Wildman–Crippen MR) is 81.7 cm³/mol. The summed E-state index contributed by atoms with van der Waals surface area (Å²) in [7, 11) is 3.67. The van der Waals surface area contributed by atoms with E-state index in [4.69, 9.17) is 4.74 Å².